The summed E-state index contributed by atoms with van der Waals surface area (Å²) < 4.78 is 10.1. The molecule has 0 radical (unpaired) electrons. The third-order valence-electron chi connectivity index (χ3n) is 2.78. The lowest BCUT2D eigenvalue weighted by Gasteiger charge is -2.11. The van der Waals surface area contributed by atoms with Crippen molar-refractivity contribution in [3.8, 4) is 11.8 Å². The van der Waals surface area contributed by atoms with Gasteiger partial charge in [-0.25, -0.2) is 0 Å². The number of esters is 1. The molecule has 0 spiro atoms. The molecule has 1 atom stereocenters. The van der Waals surface area contributed by atoms with Gasteiger partial charge in [0.25, 0.3) is 0 Å². The zero-order valence-electron chi connectivity index (χ0n) is 10.7. The Balaban J connectivity index is 2.41. The Labute approximate surface area is 111 Å². The average Bonchev–Trinajstić information content (AvgIpc) is 2.43. The molecule has 2 aromatic carbocycles. The summed E-state index contributed by atoms with van der Waals surface area (Å²) in [6.45, 7) is 1.29. The van der Waals surface area contributed by atoms with Crippen molar-refractivity contribution in [2.45, 2.75) is 13.0 Å². The molecule has 0 N–H and O–H groups in total. The summed E-state index contributed by atoms with van der Waals surface area (Å²) in [6.07, 6.45) is -0.871. The molecule has 0 aromatic heterocycles. The number of methoxy groups -OCH3 is 1. The molecule has 0 aliphatic rings. The molecule has 0 saturated heterocycles. The highest BCUT2D eigenvalue weighted by molar-refractivity contribution is 5.84. The highest BCUT2D eigenvalue weighted by Crippen LogP contribution is 2.25. The second-order valence-corrected chi connectivity index (χ2v) is 4.09. The molecule has 4 nitrogen and oxygen atoms in total. The minimum atomic E-state index is -0.871. The lowest BCUT2D eigenvalue weighted by atomic mass is 10.0. The van der Waals surface area contributed by atoms with Crippen molar-refractivity contribution < 1.29 is 14.3 Å². The maximum atomic E-state index is 10.9. The Hall–Kier alpha value is -2.54. The topological polar surface area (TPSA) is 59.3 Å². The van der Waals surface area contributed by atoms with E-state index in [1.165, 1.54) is 6.92 Å². The first-order valence-corrected chi connectivity index (χ1v) is 5.78. The molecule has 19 heavy (non-hydrogen) atoms. The van der Waals surface area contributed by atoms with Gasteiger partial charge in [-0.2, -0.15) is 5.26 Å². The summed E-state index contributed by atoms with van der Waals surface area (Å²) in [5.74, 6) is 0.304. The molecule has 0 unspecified atom stereocenters. The molecule has 0 amide bonds. The van der Waals surface area contributed by atoms with Gasteiger partial charge in [-0.3, -0.25) is 4.79 Å². The number of hydrogen-bond acceptors (Lipinski definition) is 4. The molecule has 2 aromatic rings. The van der Waals surface area contributed by atoms with Crippen LogP contribution < -0.4 is 4.74 Å². The van der Waals surface area contributed by atoms with Crippen LogP contribution in [0.25, 0.3) is 10.8 Å². The van der Waals surface area contributed by atoms with Crippen molar-refractivity contribution in [1.29, 1.82) is 5.26 Å². The van der Waals surface area contributed by atoms with E-state index in [2.05, 4.69) is 0 Å². The number of carbonyl (C=O) groups is 1. The van der Waals surface area contributed by atoms with Crippen LogP contribution in [0.5, 0.6) is 5.75 Å². The van der Waals surface area contributed by atoms with Crippen molar-refractivity contribution in [3.05, 3.63) is 42.0 Å². The molecular weight excluding hydrogens is 242 g/mol. The van der Waals surface area contributed by atoms with Gasteiger partial charge in [0.05, 0.1) is 7.11 Å². The summed E-state index contributed by atoms with van der Waals surface area (Å²) in [6, 6.07) is 13.1. The standard InChI is InChI=1S/C15H13NO3/c1-10(17)19-15(9-16)13-4-3-12-8-14(18-2)6-5-11(12)7-13/h3-8,15H,1-2H3/t15-/m0/s1. The van der Waals surface area contributed by atoms with E-state index in [0.717, 1.165) is 16.5 Å². The molecule has 4 heteroatoms. The Morgan fingerprint density at radius 3 is 2.53 bits per heavy atom. The minimum absolute atomic E-state index is 0.471. The fraction of sp³-hybridized carbons (Fsp3) is 0.200. The predicted octanol–water partition coefficient (Wildman–Crippen LogP) is 2.98. The number of ether oxygens (including phenoxy) is 2. The van der Waals surface area contributed by atoms with Gasteiger partial charge in [0, 0.05) is 12.5 Å². The maximum absolute atomic E-state index is 10.9. The van der Waals surface area contributed by atoms with Gasteiger partial charge in [0.15, 0.2) is 0 Å². The zero-order chi connectivity index (χ0) is 13.8. The van der Waals surface area contributed by atoms with E-state index in [-0.39, 0.29) is 0 Å². The van der Waals surface area contributed by atoms with Crippen LogP contribution in [0.1, 0.15) is 18.6 Å². The number of nitriles is 1. The summed E-state index contributed by atoms with van der Waals surface area (Å²) in [7, 11) is 1.61. The largest absolute Gasteiger partial charge is 0.497 e. The number of nitrogens with zero attached hydrogens (tertiary/aromatic N) is 1. The quantitative estimate of drug-likeness (QED) is 0.791. The lowest BCUT2D eigenvalue weighted by Crippen LogP contribution is -2.06. The normalized spacial score (nSPS) is 11.6. The average molecular weight is 255 g/mol. The first-order valence-electron chi connectivity index (χ1n) is 5.78. The molecule has 0 saturated carbocycles. The van der Waals surface area contributed by atoms with Crippen molar-refractivity contribution in [1.82, 2.24) is 0 Å². The van der Waals surface area contributed by atoms with E-state index < -0.39 is 12.1 Å². The van der Waals surface area contributed by atoms with Crippen LogP contribution in [0.3, 0.4) is 0 Å². The molecule has 0 aliphatic carbocycles. The van der Waals surface area contributed by atoms with Crippen LogP contribution in [0, 0.1) is 11.3 Å². The van der Waals surface area contributed by atoms with Crippen LogP contribution in [-0.2, 0) is 9.53 Å². The second-order valence-electron chi connectivity index (χ2n) is 4.09. The fourth-order valence-electron chi connectivity index (χ4n) is 1.87. The van der Waals surface area contributed by atoms with Crippen molar-refractivity contribution >= 4 is 16.7 Å². The van der Waals surface area contributed by atoms with E-state index in [1.807, 2.05) is 36.4 Å². The van der Waals surface area contributed by atoms with Gasteiger partial charge in [-0.1, -0.05) is 18.2 Å². The highest BCUT2D eigenvalue weighted by Gasteiger charge is 2.14. The third kappa shape index (κ3) is 2.83. The molecule has 0 heterocycles. The molecule has 0 bridgehead atoms. The first kappa shape index (κ1) is 12.9. The molecule has 2 rings (SSSR count). The predicted molar refractivity (Wildman–Crippen MR) is 70.6 cm³/mol. The molecule has 0 aliphatic heterocycles. The van der Waals surface area contributed by atoms with Crippen LogP contribution in [-0.4, -0.2) is 13.1 Å². The number of rotatable bonds is 3. The second kappa shape index (κ2) is 5.40. The number of benzene rings is 2. The van der Waals surface area contributed by atoms with Crippen LogP contribution in [0.2, 0.25) is 0 Å². The highest BCUT2D eigenvalue weighted by atomic mass is 16.5. The van der Waals surface area contributed by atoms with E-state index in [1.54, 1.807) is 13.2 Å². The maximum Gasteiger partial charge on any atom is 0.304 e. The summed E-state index contributed by atoms with van der Waals surface area (Å²) in [5.41, 5.74) is 0.662. The molecule has 96 valence electrons. The number of hydrogen-bond donors (Lipinski definition) is 0. The van der Waals surface area contributed by atoms with Gasteiger partial charge in [-0.05, 0) is 29.0 Å². The van der Waals surface area contributed by atoms with Crippen molar-refractivity contribution in [2.75, 3.05) is 7.11 Å². The Morgan fingerprint density at radius 1 is 1.21 bits per heavy atom. The SMILES string of the molecule is COc1ccc2cc([C@H](C#N)OC(C)=O)ccc2c1. The minimum Gasteiger partial charge on any atom is -0.497 e. The van der Waals surface area contributed by atoms with Gasteiger partial charge in [0.2, 0.25) is 6.10 Å². The Kier molecular flexibility index (Phi) is 3.67. The summed E-state index contributed by atoms with van der Waals surface area (Å²) in [5, 5.41) is 11.0. The summed E-state index contributed by atoms with van der Waals surface area (Å²) in [4.78, 5) is 10.9. The first-order chi connectivity index (χ1) is 9.13. The summed E-state index contributed by atoms with van der Waals surface area (Å²) >= 11 is 0. The van der Waals surface area contributed by atoms with Gasteiger partial charge < -0.3 is 9.47 Å². The van der Waals surface area contributed by atoms with Crippen molar-refractivity contribution in [2.24, 2.45) is 0 Å². The van der Waals surface area contributed by atoms with E-state index in [0.29, 0.717) is 5.56 Å². The fourth-order valence-corrected chi connectivity index (χ4v) is 1.87. The van der Waals surface area contributed by atoms with Gasteiger partial charge in [-0.15, -0.1) is 0 Å². The Bertz CT molecular complexity index is 658. The van der Waals surface area contributed by atoms with E-state index >= 15 is 0 Å². The van der Waals surface area contributed by atoms with Crippen LogP contribution in [0.4, 0.5) is 0 Å². The third-order valence-corrected chi connectivity index (χ3v) is 2.78. The van der Waals surface area contributed by atoms with Crippen LogP contribution in [0.15, 0.2) is 36.4 Å². The zero-order valence-corrected chi connectivity index (χ0v) is 10.7. The van der Waals surface area contributed by atoms with E-state index in [9.17, 15) is 4.79 Å². The van der Waals surface area contributed by atoms with Gasteiger partial charge >= 0.3 is 5.97 Å². The van der Waals surface area contributed by atoms with E-state index in [4.69, 9.17) is 14.7 Å². The Morgan fingerprint density at radius 2 is 1.89 bits per heavy atom. The lowest BCUT2D eigenvalue weighted by molar-refractivity contribution is -0.144. The van der Waals surface area contributed by atoms with Crippen LogP contribution >= 0.6 is 0 Å². The number of carbonyl (C=O) groups excluding carboxylic acids is 1. The monoisotopic (exact) mass is 255 g/mol. The number of fused-ring (bicyclic) bond motifs is 1. The molecular formula is C15H13NO3. The van der Waals surface area contributed by atoms with Crippen molar-refractivity contribution in [3.63, 3.8) is 0 Å². The molecule has 0 fully saturated rings. The smallest absolute Gasteiger partial charge is 0.304 e. The van der Waals surface area contributed by atoms with Gasteiger partial charge in [0.1, 0.15) is 11.8 Å².